The molecule has 1 aliphatic carbocycles. The minimum absolute atomic E-state index is 0.0785. The summed E-state index contributed by atoms with van der Waals surface area (Å²) in [4.78, 5) is 13.9. The fraction of sp³-hybridized carbons (Fsp3) is 0.917. The van der Waals surface area contributed by atoms with Crippen molar-refractivity contribution in [3.63, 3.8) is 0 Å². The second-order valence-electron chi connectivity index (χ2n) is 5.05. The van der Waals surface area contributed by atoms with E-state index in [4.69, 9.17) is 10.5 Å². The molecular formula is C12H22N2O2. The monoisotopic (exact) mass is 226 g/mol. The molecule has 1 saturated carbocycles. The minimum Gasteiger partial charge on any atom is -0.381 e. The molecule has 1 atom stereocenters. The van der Waals surface area contributed by atoms with E-state index in [1.807, 2.05) is 11.9 Å². The van der Waals surface area contributed by atoms with Crippen LogP contribution in [0.1, 0.15) is 32.1 Å². The van der Waals surface area contributed by atoms with Crippen LogP contribution in [0.3, 0.4) is 0 Å². The van der Waals surface area contributed by atoms with Crippen molar-refractivity contribution >= 4 is 5.91 Å². The van der Waals surface area contributed by atoms with E-state index in [1.54, 1.807) is 0 Å². The molecule has 1 aliphatic heterocycles. The Balaban J connectivity index is 1.78. The Labute approximate surface area is 97.1 Å². The first kappa shape index (κ1) is 11.9. The second-order valence-corrected chi connectivity index (χ2v) is 5.05. The molecule has 0 aromatic carbocycles. The molecule has 16 heavy (non-hydrogen) atoms. The van der Waals surface area contributed by atoms with Gasteiger partial charge in [-0.2, -0.15) is 0 Å². The number of hydrogen-bond acceptors (Lipinski definition) is 3. The van der Waals surface area contributed by atoms with Crippen LogP contribution < -0.4 is 5.73 Å². The second kappa shape index (κ2) is 5.15. The maximum atomic E-state index is 12.0. The van der Waals surface area contributed by atoms with Crippen LogP contribution in [-0.2, 0) is 9.53 Å². The molecule has 1 saturated heterocycles. The highest BCUT2D eigenvalue weighted by Crippen LogP contribution is 2.33. The molecule has 0 aromatic rings. The van der Waals surface area contributed by atoms with Crippen molar-refractivity contribution in [1.82, 2.24) is 4.90 Å². The fourth-order valence-corrected chi connectivity index (χ4v) is 2.31. The molecule has 0 spiro atoms. The molecule has 1 amide bonds. The van der Waals surface area contributed by atoms with Crippen molar-refractivity contribution in [1.29, 1.82) is 0 Å². The van der Waals surface area contributed by atoms with E-state index >= 15 is 0 Å². The molecule has 2 aliphatic rings. The maximum Gasteiger partial charge on any atom is 0.224 e. The molecule has 4 heteroatoms. The number of amides is 1. The molecule has 1 unspecified atom stereocenters. The zero-order valence-corrected chi connectivity index (χ0v) is 10.0. The van der Waals surface area contributed by atoms with Crippen LogP contribution in [0.5, 0.6) is 0 Å². The van der Waals surface area contributed by atoms with Gasteiger partial charge in [0.25, 0.3) is 0 Å². The van der Waals surface area contributed by atoms with Crippen molar-refractivity contribution in [2.75, 3.05) is 20.3 Å². The van der Waals surface area contributed by atoms with E-state index in [0.717, 1.165) is 26.1 Å². The number of carbonyl (C=O) groups is 1. The minimum atomic E-state index is 0.0785. The predicted molar refractivity (Wildman–Crippen MR) is 61.9 cm³/mol. The summed E-state index contributed by atoms with van der Waals surface area (Å²) in [7, 11) is 1.90. The van der Waals surface area contributed by atoms with E-state index in [2.05, 4.69) is 0 Å². The van der Waals surface area contributed by atoms with Crippen LogP contribution in [0.4, 0.5) is 0 Å². The summed E-state index contributed by atoms with van der Waals surface area (Å²) in [5.41, 5.74) is 5.98. The summed E-state index contributed by atoms with van der Waals surface area (Å²) in [6.45, 7) is 1.55. The quantitative estimate of drug-likeness (QED) is 0.769. The maximum absolute atomic E-state index is 12.0. The SMILES string of the molecule is CN(C(=O)CC(N)C1CC1)C1CCOCC1. The van der Waals surface area contributed by atoms with Gasteiger partial charge in [-0.25, -0.2) is 0 Å². The zero-order valence-electron chi connectivity index (χ0n) is 10.0. The Morgan fingerprint density at radius 3 is 2.56 bits per heavy atom. The number of carbonyl (C=O) groups excluding carboxylic acids is 1. The molecule has 4 nitrogen and oxygen atoms in total. The Hall–Kier alpha value is -0.610. The topological polar surface area (TPSA) is 55.6 Å². The molecule has 0 radical (unpaired) electrons. The Kier molecular flexibility index (Phi) is 3.82. The molecule has 2 rings (SSSR count). The van der Waals surface area contributed by atoms with Crippen LogP contribution in [0.15, 0.2) is 0 Å². The van der Waals surface area contributed by atoms with Gasteiger partial charge >= 0.3 is 0 Å². The summed E-state index contributed by atoms with van der Waals surface area (Å²) < 4.78 is 5.30. The van der Waals surface area contributed by atoms with Gasteiger partial charge in [0.2, 0.25) is 5.91 Å². The molecule has 2 fully saturated rings. The number of nitrogens with zero attached hydrogens (tertiary/aromatic N) is 1. The average Bonchev–Trinajstić information content (AvgIpc) is 3.13. The van der Waals surface area contributed by atoms with Gasteiger partial charge in [-0.1, -0.05) is 0 Å². The van der Waals surface area contributed by atoms with Gasteiger partial charge in [0.1, 0.15) is 0 Å². The number of ether oxygens (including phenoxy) is 1. The van der Waals surface area contributed by atoms with Gasteiger partial charge in [0.05, 0.1) is 0 Å². The first-order chi connectivity index (χ1) is 7.68. The summed E-state index contributed by atoms with van der Waals surface area (Å²) >= 11 is 0. The highest BCUT2D eigenvalue weighted by molar-refractivity contribution is 5.77. The zero-order chi connectivity index (χ0) is 11.5. The third-order valence-corrected chi connectivity index (χ3v) is 3.77. The molecule has 2 N–H and O–H groups in total. The van der Waals surface area contributed by atoms with Gasteiger partial charge in [0.15, 0.2) is 0 Å². The fourth-order valence-electron chi connectivity index (χ4n) is 2.31. The third kappa shape index (κ3) is 2.95. The lowest BCUT2D eigenvalue weighted by Gasteiger charge is -2.32. The van der Waals surface area contributed by atoms with Crippen molar-refractivity contribution < 1.29 is 9.53 Å². The highest BCUT2D eigenvalue weighted by atomic mass is 16.5. The average molecular weight is 226 g/mol. The van der Waals surface area contributed by atoms with Crippen LogP contribution in [0.25, 0.3) is 0 Å². The third-order valence-electron chi connectivity index (χ3n) is 3.77. The highest BCUT2D eigenvalue weighted by Gasteiger charge is 2.31. The lowest BCUT2D eigenvalue weighted by Crippen LogP contribution is -2.43. The lowest BCUT2D eigenvalue weighted by molar-refractivity contribution is -0.134. The first-order valence-electron chi connectivity index (χ1n) is 6.27. The molecule has 92 valence electrons. The van der Waals surface area contributed by atoms with E-state index in [1.165, 1.54) is 12.8 Å². The van der Waals surface area contributed by atoms with Crippen LogP contribution in [0.2, 0.25) is 0 Å². The van der Waals surface area contributed by atoms with Crippen LogP contribution >= 0.6 is 0 Å². The normalized spacial score (nSPS) is 24.1. The van der Waals surface area contributed by atoms with Crippen molar-refractivity contribution in [2.45, 2.75) is 44.2 Å². The van der Waals surface area contributed by atoms with E-state index in [9.17, 15) is 4.79 Å². The van der Waals surface area contributed by atoms with Crippen LogP contribution in [-0.4, -0.2) is 43.2 Å². The number of hydrogen-bond donors (Lipinski definition) is 1. The van der Waals surface area contributed by atoms with Crippen molar-refractivity contribution in [2.24, 2.45) is 11.7 Å². The molecule has 0 bridgehead atoms. The van der Waals surface area contributed by atoms with Gasteiger partial charge in [-0.15, -0.1) is 0 Å². The first-order valence-corrected chi connectivity index (χ1v) is 6.27. The molecule has 0 aromatic heterocycles. The Morgan fingerprint density at radius 2 is 2.00 bits per heavy atom. The van der Waals surface area contributed by atoms with Gasteiger partial charge in [-0.05, 0) is 31.6 Å². The molecular weight excluding hydrogens is 204 g/mol. The van der Waals surface area contributed by atoms with E-state index < -0.39 is 0 Å². The summed E-state index contributed by atoms with van der Waals surface area (Å²) in [6, 6.07) is 0.433. The van der Waals surface area contributed by atoms with Crippen molar-refractivity contribution in [3.8, 4) is 0 Å². The Morgan fingerprint density at radius 1 is 1.38 bits per heavy atom. The largest absolute Gasteiger partial charge is 0.381 e. The number of rotatable bonds is 4. The summed E-state index contributed by atoms with van der Waals surface area (Å²) in [5, 5.41) is 0. The standard InChI is InChI=1S/C12H22N2O2/c1-14(10-4-6-16-7-5-10)12(15)8-11(13)9-2-3-9/h9-11H,2-8,13H2,1H3. The van der Waals surface area contributed by atoms with Crippen molar-refractivity contribution in [3.05, 3.63) is 0 Å². The van der Waals surface area contributed by atoms with Crippen LogP contribution in [0, 0.1) is 5.92 Å². The Bertz CT molecular complexity index is 247. The summed E-state index contributed by atoms with van der Waals surface area (Å²) in [6.07, 6.45) is 4.84. The van der Waals surface area contributed by atoms with E-state index in [0.29, 0.717) is 18.4 Å². The smallest absolute Gasteiger partial charge is 0.224 e. The molecule has 1 heterocycles. The predicted octanol–water partition coefficient (Wildman–Crippen LogP) is 0.751. The van der Waals surface area contributed by atoms with Gasteiger partial charge < -0.3 is 15.4 Å². The van der Waals surface area contributed by atoms with E-state index in [-0.39, 0.29) is 11.9 Å². The van der Waals surface area contributed by atoms with Gasteiger partial charge in [-0.3, -0.25) is 4.79 Å². The number of nitrogens with two attached hydrogens (primary N) is 1. The van der Waals surface area contributed by atoms with Gasteiger partial charge in [0, 0.05) is 38.8 Å². The lowest BCUT2D eigenvalue weighted by atomic mass is 10.1. The summed E-state index contributed by atoms with van der Waals surface area (Å²) in [5.74, 6) is 0.804.